The number of nitrogens with zero attached hydrogens (tertiary/aromatic N) is 2. The summed E-state index contributed by atoms with van der Waals surface area (Å²) in [6.07, 6.45) is 0.172. The molecule has 2 fully saturated rings. The molecule has 0 aliphatic carbocycles. The summed E-state index contributed by atoms with van der Waals surface area (Å²) in [4.78, 5) is 25.5. The third-order valence-electron chi connectivity index (χ3n) is 5.39. The molecule has 0 radical (unpaired) electrons. The van der Waals surface area contributed by atoms with Crippen LogP contribution >= 0.6 is 0 Å². The summed E-state index contributed by atoms with van der Waals surface area (Å²) in [6, 6.07) is 4.02. The minimum absolute atomic E-state index is 0.0821. The summed E-state index contributed by atoms with van der Waals surface area (Å²) >= 11 is 0. The minimum atomic E-state index is -1.62. The summed E-state index contributed by atoms with van der Waals surface area (Å²) in [6.45, 7) is 14.0. The number of ether oxygens (including phenoxy) is 4. The molecule has 1 amide bonds. The lowest BCUT2D eigenvalue weighted by Crippen LogP contribution is -2.44. The topological polar surface area (TPSA) is 100 Å². The molecular weight excluding hydrogens is 444 g/mol. The number of piperidine rings is 1. The molecule has 1 aromatic carbocycles. The van der Waals surface area contributed by atoms with Gasteiger partial charge in [0.25, 0.3) is 5.69 Å². The second-order valence-corrected chi connectivity index (χ2v) is 16.3. The van der Waals surface area contributed by atoms with Gasteiger partial charge in [0.15, 0.2) is 6.29 Å². The van der Waals surface area contributed by atoms with Crippen molar-refractivity contribution in [2.45, 2.75) is 77.3 Å². The molecule has 2 aliphatic rings. The molecule has 2 aliphatic heterocycles. The Morgan fingerprint density at radius 1 is 1.18 bits per heavy atom. The van der Waals surface area contributed by atoms with Crippen LogP contribution in [0.2, 0.25) is 19.6 Å². The third kappa shape index (κ3) is 7.15. The molecule has 2 saturated heterocycles. The highest BCUT2D eigenvalue weighted by atomic mass is 28.3. The number of carbonyl (C=O) groups is 1. The average molecular weight is 481 g/mol. The van der Waals surface area contributed by atoms with Crippen LogP contribution < -0.4 is 4.74 Å². The lowest BCUT2D eigenvalue weighted by atomic mass is 10.1. The van der Waals surface area contributed by atoms with Crippen LogP contribution in [0.25, 0.3) is 0 Å². The number of hydrogen-bond acceptors (Lipinski definition) is 7. The molecule has 0 aromatic heterocycles. The van der Waals surface area contributed by atoms with Crippen molar-refractivity contribution in [1.82, 2.24) is 4.90 Å². The number of benzene rings is 1. The van der Waals surface area contributed by atoms with Gasteiger partial charge >= 0.3 is 6.09 Å². The van der Waals surface area contributed by atoms with E-state index in [1.165, 1.54) is 0 Å². The van der Waals surface area contributed by atoms with Crippen molar-refractivity contribution in [1.29, 1.82) is 0 Å². The highest BCUT2D eigenvalue weighted by molar-refractivity contribution is 6.75. The van der Waals surface area contributed by atoms with E-state index >= 15 is 0 Å². The van der Waals surface area contributed by atoms with E-state index in [9.17, 15) is 14.9 Å². The lowest BCUT2D eigenvalue weighted by molar-refractivity contribution is -0.385. The molecule has 9 nitrogen and oxygen atoms in total. The lowest BCUT2D eigenvalue weighted by Gasteiger charge is -2.34. The number of carbonyl (C=O) groups excluding carboxylic acids is 1. The normalized spacial score (nSPS) is 18.4. The highest BCUT2D eigenvalue weighted by Crippen LogP contribution is 2.38. The molecule has 10 heteroatoms. The SMILES string of the molecule is CC(C)(C)OC(=O)N1CCC(Oc2cc(C[Si](C)(C)C)c([N+](=O)[O-])cc2C2OCCO2)CC1. The van der Waals surface area contributed by atoms with Gasteiger partial charge in [-0.3, -0.25) is 10.1 Å². The van der Waals surface area contributed by atoms with Crippen molar-refractivity contribution >= 4 is 19.9 Å². The molecule has 0 spiro atoms. The molecule has 0 bridgehead atoms. The zero-order chi connectivity index (χ0) is 24.4. The minimum Gasteiger partial charge on any atom is -0.490 e. The first kappa shape index (κ1) is 25.4. The molecule has 1 aromatic rings. The summed E-state index contributed by atoms with van der Waals surface area (Å²) in [7, 11) is -1.62. The number of amides is 1. The van der Waals surface area contributed by atoms with E-state index in [4.69, 9.17) is 18.9 Å². The largest absolute Gasteiger partial charge is 0.490 e. The van der Waals surface area contributed by atoms with E-state index < -0.39 is 20.0 Å². The Morgan fingerprint density at radius 3 is 2.30 bits per heavy atom. The summed E-state index contributed by atoms with van der Waals surface area (Å²) in [5, 5.41) is 11.8. The van der Waals surface area contributed by atoms with Gasteiger partial charge < -0.3 is 23.8 Å². The molecule has 33 heavy (non-hydrogen) atoms. The first-order valence-electron chi connectivity index (χ1n) is 11.5. The van der Waals surface area contributed by atoms with E-state index in [0.29, 0.717) is 62.1 Å². The molecule has 0 N–H and O–H groups in total. The summed E-state index contributed by atoms with van der Waals surface area (Å²) < 4.78 is 23.1. The number of rotatable bonds is 6. The van der Waals surface area contributed by atoms with Gasteiger partial charge in [-0.25, -0.2) is 4.79 Å². The Kier molecular flexibility index (Phi) is 7.70. The molecule has 184 valence electrons. The van der Waals surface area contributed by atoms with Crippen LogP contribution in [0.4, 0.5) is 10.5 Å². The zero-order valence-corrected chi connectivity index (χ0v) is 21.5. The second-order valence-electron chi connectivity index (χ2n) is 10.9. The molecule has 0 saturated carbocycles. The van der Waals surface area contributed by atoms with E-state index in [2.05, 4.69) is 19.6 Å². The van der Waals surface area contributed by atoms with E-state index in [0.717, 1.165) is 0 Å². The van der Waals surface area contributed by atoms with Gasteiger partial charge in [0.2, 0.25) is 0 Å². The predicted molar refractivity (Wildman–Crippen MR) is 126 cm³/mol. The van der Waals surface area contributed by atoms with Crippen LogP contribution in [0, 0.1) is 10.1 Å². The van der Waals surface area contributed by atoms with Crippen molar-refractivity contribution in [2.75, 3.05) is 26.3 Å². The maximum atomic E-state index is 12.4. The summed E-state index contributed by atoms with van der Waals surface area (Å²) in [5.41, 5.74) is 0.778. The van der Waals surface area contributed by atoms with E-state index in [1.54, 1.807) is 17.0 Å². The average Bonchev–Trinajstić information content (AvgIpc) is 3.20. The number of nitro groups is 1. The van der Waals surface area contributed by atoms with Crippen LogP contribution in [0.15, 0.2) is 12.1 Å². The standard InChI is InChI=1S/C23H36N2O7Si/c1-23(2,3)32-22(26)24-9-7-17(8-10-24)31-20-13-16(15-33(4,5)6)19(25(27)28)14-18(20)21-29-11-12-30-21/h13-14,17,21H,7-12,15H2,1-6H3. The fourth-order valence-corrected chi connectivity index (χ4v) is 5.42. The van der Waals surface area contributed by atoms with Gasteiger partial charge in [-0.1, -0.05) is 19.6 Å². The first-order valence-corrected chi connectivity index (χ1v) is 15.2. The van der Waals surface area contributed by atoms with E-state index in [-0.39, 0.29) is 22.8 Å². The second kappa shape index (κ2) is 9.98. The maximum Gasteiger partial charge on any atom is 0.410 e. The molecule has 0 unspecified atom stereocenters. The van der Waals surface area contributed by atoms with Gasteiger partial charge in [-0.2, -0.15) is 0 Å². The first-order chi connectivity index (χ1) is 15.3. The monoisotopic (exact) mass is 480 g/mol. The highest BCUT2D eigenvalue weighted by Gasteiger charge is 2.32. The third-order valence-corrected chi connectivity index (χ3v) is 6.83. The fraction of sp³-hybridized carbons (Fsp3) is 0.696. The smallest absolute Gasteiger partial charge is 0.410 e. The predicted octanol–water partition coefficient (Wildman–Crippen LogP) is 4.84. The van der Waals surface area contributed by atoms with Gasteiger partial charge in [0.1, 0.15) is 17.5 Å². The van der Waals surface area contributed by atoms with Crippen LogP contribution in [-0.2, 0) is 20.3 Å². The number of likely N-dealkylation sites (tertiary alicyclic amines) is 1. The summed E-state index contributed by atoms with van der Waals surface area (Å²) in [5.74, 6) is 0.566. The van der Waals surface area contributed by atoms with Gasteiger partial charge in [0.05, 0.1) is 23.7 Å². The van der Waals surface area contributed by atoms with Crippen molar-refractivity contribution < 1.29 is 28.7 Å². The zero-order valence-electron chi connectivity index (χ0n) is 20.5. The number of hydrogen-bond donors (Lipinski definition) is 0. The molecule has 2 heterocycles. The Hall–Kier alpha value is -2.17. The maximum absolute atomic E-state index is 12.4. The Balaban J connectivity index is 1.80. The van der Waals surface area contributed by atoms with Crippen molar-refractivity contribution in [3.8, 4) is 5.75 Å². The van der Waals surface area contributed by atoms with Crippen LogP contribution in [0.1, 0.15) is 51.0 Å². The Bertz CT molecular complexity index is 865. The molecule has 3 rings (SSSR count). The van der Waals surface area contributed by atoms with Crippen molar-refractivity contribution in [3.63, 3.8) is 0 Å². The number of nitro benzene ring substituents is 1. The van der Waals surface area contributed by atoms with Gasteiger partial charge in [-0.15, -0.1) is 0 Å². The van der Waals surface area contributed by atoms with Gasteiger partial charge in [0, 0.05) is 45.6 Å². The van der Waals surface area contributed by atoms with Gasteiger partial charge in [-0.05, 0) is 32.9 Å². The Morgan fingerprint density at radius 2 is 1.79 bits per heavy atom. The van der Waals surface area contributed by atoms with Crippen LogP contribution in [-0.4, -0.2) is 62.0 Å². The van der Waals surface area contributed by atoms with Crippen LogP contribution in [0.3, 0.4) is 0 Å². The van der Waals surface area contributed by atoms with Crippen LogP contribution in [0.5, 0.6) is 5.75 Å². The van der Waals surface area contributed by atoms with E-state index in [1.807, 2.05) is 20.8 Å². The molecular formula is C23H36N2O7Si. The Labute approximate surface area is 196 Å². The fourth-order valence-electron chi connectivity index (χ4n) is 4.00. The van der Waals surface area contributed by atoms with Crippen molar-refractivity contribution in [3.05, 3.63) is 33.4 Å². The quantitative estimate of drug-likeness (QED) is 0.326. The molecule has 0 atom stereocenters. The van der Waals surface area contributed by atoms with Crippen molar-refractivity contribution in [2.24, 2.45) is 0 Å².